The molecule has 1 saturated heterocycles. The van der Waals surface area contributed by atoms with E-state index in [0.29, 0.717) is 38.8 Å². The van der Waals surface area contributed by atoms with Gasteiger partial charge in [-0.05, 0) is 48.3 Å². The molecule has 1 fully saturated rings. The van der Waals surface area contributed by atoms with Crippen molar-refractivity contribution in [3.05, 3.63) is 47.3 Å². The molecule has 0 atom stereocenters. The number of hydrogen-bond donors (Lipinski definition) is 1. The zero-order valence-corrected chi connectivity index (χ0v) is 17.0. The van der Waals surface area contributed by atoms with Crippen LogP contribution >= 0.6 is 11.3 Å². The van der Waals surface area contributed by atoms with Gasteiger partial charge in [0.05, 0.1) is 5.41 Å². The summed E-state index contributed by atoms with van der Waals surface area (Å²) in [6, 6.07) is 12.7. The third kappa shape index (κ3) is 4.41. The summed E-state index contributed by atoms with van der Waals surface area (Å²) in [5, 5.41) is 4.95. The molecular weight excluding hydrogens is 356 g/mol. The zero-order valence-electron chi connectivity index (χ0n) is 16.2. The molecule has 0 aliphatic carbocycles. The molecule has 0 radical (unpaired) electrons. The summed E-state index contributed by atoms with van der Waals surface area (Å²) >= 11 is 1.73. The second-order valence-electron chi connectivity index (χ2n) is 7.34. The Balaban J connectivity index is 1.78. The maximum atomic E-state index is 12.8. The van der Waals surface area contributed by atoms with E-state index in [9.17, 15) is 9.59 Å². The van der Waals surface area contributed by atoms with Crippen LogP contribution in [0, 0.1) is 5.41 Å². The lowest BCUT2D eigenvalue weighted by Crippen LogP contribution is -2.50. The first-order valence-electron chi connectivity index (χ1n) is 9.71. The smallest absolute Gasteiger partial charge is 0.226 e. The van der Waals surface area contributed by atoms with E-state index in [-0.39, 0.29) is 11.8 Å². The molecule has 2 aromatic rings. The summed E-state index contributed by atoms with van der Waals surface area (Å²) in [5.41, 5.74) is 1.94. The normalized spacial score (nSPS) is 16.1. The van der Waals surface area contributed by atoms with Crippen molar-refractivity contribution in [1.82, 2.24) is 10.2 Å². The number of hydrogen-bond acceptors (Lipinski definition) is 3. The Kier molecular flexibility index (Phi) is 6.32. The van der Waals surface area contributed by atoms with Gasteiger partial charge in [0, 0.05) is 31.4 Å². The van der Waals surface area contributed by atoms with E-state index in [4.69, 9.17) is 0 Å². The summed E-state index contributed by atoms with van der Waals surface area (Å²) in [6.07, 6.45) is 3.60. The highest BCUT2D eigenvalue weighted by Gasteiger charge is 2.41. The van der Waals surface area contributed by atoms with E-state index in [0.717, 1.165) is 6.42 Å². The highest BCUT2D eigenvalue weighted by molar-refractivity contribution is 7.13. The Morgan fingerprint density at radius 1 is 1.19 bits per heavy atom. The van der Waals surface area contributed by atoms with Crippen molar-refractivity contribution in [2.24, 2.45) is 5.41 Å². The van der Waals surface area contributed by atoms with E-state index in [1.807, 2.05) is 11.8 Å². The van der Waals surface area contributed by atoms with Gasteiger partial charge in [-0.3, -0.25) is 9.59 Å². The van der Waals surface area contributed by atoms with Gasteiger partial charge in [-0.25, -0.2) is 0 Å². The fraction of sp³-hybridized carbons (Fsp3) is 0.455. The van der Waals surface area contributed by atoms with Gasteiger partial charge in [0.15, 0.2) is 0 Å². The third-order valence-corrected chi connectivity index (χ3v) is 6.44. The number of carbonyl (C=O) groups excluding carboxylic acids is 2. The Morgan fingerprint density at radius 3 is 2.59 bits per heavy atom. The lowest BCUT2D eigenvalue weighted by Gasteiger charge is -2.40. The van der Waals surface area contributed by atoms with Gasteiger partial charge in [0.2, 0.25) is 11.8 Å². The van der Waals surface area contributed by atoms with Crippen molar-refractivity contribution < 1.29 is 9.59 Å². The summed E-state index contributed by atoms with van der Waals surface area (Å²) in [6.45, 7) is 3.35. The van der Waals surface area contributed by atoms with Crippen LogP contribution in [0.1, 0.15) is 38.2 Å². The van der Waals surface area contributed by atoms with Crippen LogP contribution in [-0.2, 0) is 16.0 Å². The van der Waals surface area contributed by atoms with Gasteiger partial charge in [0.1, 0.15) is 0 Å². The fourth-order valence-electron chi connectivity index (χ4n) is 3.97. The summed E-state index contributed by atoms with van der Waals surface area (Å²) in [4.78, 5) is 28.2. The van der Waals surface area contributed by atoms with Crippen LogP contribution in [0.15, 0.2) is 41.8 Å². The molecule has 0 spiro atoms. The summed E-state index contributed by atoms with van der Waals surface area (Å²) < 4.78 is 0. The maximum absolute atomic E-state index is 12.8. The van der Waals surface area contributed by atoms with Crippen LogP contribution < -0.4 is 5.32 Å². The van der Waals surface area contributed by atoms with Gasteiger partial charge >= 0.3 is 0 Å². The molecule has 1 N–H and O–H groups in total. The van der Waals surface area contributed by atoms with Gasteiger partial charge in [-0.15, -0.1) is 11.3 Å². The van der Waals surface area contributed by atoms with Crippen LogP contribution in [0.25, 0.3) is 10.4 Å². The van der Waals surface area contributed by atoms with Crippen molar-refractivity contribution in [3.63, 3.8) is 0 Å². The number of thiophene rings is 1. The minimum atomic E-state index is -0.439. The lowest BCUT2D eigenvalue weighted by atomic mass is 9.72. The van der Waals surface area contributed by atoms with Crippen LogP contribution in [0.5, 0.6) is 0 Å². The van der Waals surface area contributed by atoms with Crippen LogP contribution in [-0.4, -0.2) is 36.9 Å². The van der Waals surface area contributed by atoms with Gasteiger partial charge < -0.3 is 10.2 Å². The molecule has 4 nitrogen and oxygen atoms in total. The Morgan fingerprint density at radius 2 is 1.96 bits per heavy atom. The number of nitrogens with zero attached hydrogens (tertiary/aromatic N) is 1. The molecule has 2 amide bonds. The largest absolute Gasteiger partial charge is 0.359 e. The molecule has 1 aromatic carbocycles. The Labute approximate surface area is 165 Å². The number of amides is 2. The van der Waals surface area contributed by atoms with Crippen molar-refractivity contribution in [2.45, 2.75) is 39.0 Å². The molecule has 1 aliphatic heterocycles. The van der Waals surface area contributed by atoms with E-state index in [1.54, 1.807) is 18.4 Å². The number of likely N-dealkylation sites (tertiary alicyclic amines) is 1. The minimum absolute atomic E-state index is 0.0895. The molecule has 2 heterocycles. The predicted molar refractivity (Wildman–Crippen MR) is 111 cm³/mol. The number of piperidine rings is 1. The van der Waals surface area contributed by atoms with E-state index < -0.39 is 5.41 Å². The van der Waals surface area contributed by atoms with Gasteiger partial charge in [-0.2, -0.15) is 0 Å². The molecule has 1 aromatic heterocycles. The summed E-state index contributed by atoms with van der Waals surface area (Å²) in [5.74, 6) is 0.300. The second kappa shape index (κ2) is 8.70. The molecule has 0 saturated carbocycles. The standard InChI is InChI=1S/C22H28N2O2S/c1-3-6-20(25)24-12-10-22(11-13-24,21(26)23-2)16-17-7-4-8-18(15-17)19-9-5-14-27-19/h4-5,7-9,14-15H,3,6,10-13,16H2,1-2H3,(H,23,26). The van der Waals surface area contributed by atoms with Gasteiger partial charge in [-0.1, -0.05) is 37.3 Å². The van der Waals surface area contributed by atoms with Crippen LogP contribution in [0.2, 0.25) is 0 Å². The van der Waals surface area contributed by atoms with Gasteiger partial charge in [0.25, 0.3) is 0 Å². The summed E-state index contributed by atoms with van der Waals surface area (Å²) in [7, 11) is 1.71. The van der Waals surface area contributed by atoms with Crippen LogP contribution in [0.3, 0.4) is 0 Å². The first-order valence-corrected chi connectivity index (χ1v) is 10.6. The van der Waals surface area contributed by atoms with Crippen molar-refractivity contribution in [2.75, 3.05) is 20.1 Å². The predicted octanol–water partition coefficient (Wildman–Crippen LogP) is 4.11. The fourth-order valence-corrected chi connectivity index (χ4v) is 4.70. The Bertz CT molecular complexity index is 777. The number of carbonyl (C=O) groups is 2. The van der Waals surface area contributed by atoms with Crippen LogP contribution in [0.4, 0.5) is 0 Å². The number of rotatable bonds is 6. The third-order valence-electron chi connectivity index (χ3n) is 5.52. The molecule has 3 rings (SSSR count). The minimum Gasteiger partial charge on any atom is -0.359 e. The average molecular weight is 385 g/mol. The topological polar surface area (TPSA) is 49.4 Å². The van der Waals surface area contributed by atoms with E-state index >= 15 is 0 Å². The number of benzene rings is 1. The molecule has 0 unspecified atom stereocenters. The molecule has 27 heavy (non-hydrogen) atoms. The molecule has 0 bridgehead atoms. The van der Waals surface area contributed by atoms with Crippen molar-refractivity contribution in [1.29, 1.82) is 0 Å². The quantitative estimate of drug-likeness (QED) is 0.815. The lowest BCUT2D eigenvalue weighted by molar-refractivity contribution is -0.140. The highest BCUT2D eigenvalue weighted by Crippen LogP contribution is 2.37. The van der Waals surface area contributed by atoms with Crippen molar-refractivity contribution >= 4 is 23.2 Å². The van der Waals surface area contributed by atoms with E-state index in [2.05, 4.69) is 47.1 Å². The molecule has 144 valence electrons. The number of nitrogens with one attached hydrogen (secondary N) is 1. The first-order chi connectivity index (χ1) is 13.1. The average Bonchev–Trinajstić information content (AvgIpc) is 3.23. The highest BCUT2D eigenvalue weighted by atomic mass is 32.1. The molecule has 5 heteroatoms. The van der Waals surface area contributed by atoms with E-state index in [1.165, 1.54) is 16.0 Å². The monoisotopic (exact) mass is 384 g/mol. The first kappa shape index (κ1) is 19.6. The zero-order chi connectivity index (χ0) is 19.3. The molecular formula is C22H28N2O2S. The SMILES string of the molecule is CCCC(=O)N1CCC(Cc2cccc(-c3cccs3)c2)(C(=O)NC)CC1. The molecule has 1 aliphatic rings. The Hall–Kier alpha value is -2.14. The maximum Gasteiger partial charge on any atom is 0.226 e. The second-order valence-corrected chi connectivity index (χ2v) is 8.29. The van der Waals surface area contributed by atoms with Crippen molar-refractivity contribution in [3.8, 4) is 10.4 Å².